The van der Waals surface area contributed by atoms with Gasteiger partial charge in [0, 0.05) is 16.2 Å². The molecule has 1 unspecified atom stereocenters. The van der Waals surface area contributed by atoms with Crippen LogP contribution in [0.4, 0.5) is 0 Å². The molecular weight excluding hydrogens is 671 g/mol. The predicted molar refractivity (Wildman–Crippen MR) is 226 cm³/mol. The van der Waals surface area contributed by atoms with Crippen LogP contribution in [0.15, 0.2) is 191 Å². The smallest absolute Gasteiger partial charge is 0.266 e. The fourth-order valence-electron chi connectivity index (χ4n) is 10.3. The molecule has 0 aliphatic heterocycles. The first-order chi connectivity index (χ1) is 27.1. The van der Waals surface area contributed by atoms with Gasteiger partial charge < -0.3 is 0 Å². The van der Waals surface area contributed by atoms with E-state index in [4.69, 9.17) is 0 Å². The lowest BCUT2D eigenvalue weighted by Crippen LogP contribution is -2.27. The topological polar surface area (TPSA) is 38.5 Å². The Morgan fingerprint density at radius 3 is 1.95 bits per heavy atom. The van der Waals surface area contributed by atoms with Crippen molar-refractivity contribution in [2.24, 2.45) is 0 Å². The zero-order valence-electron chi connectivity index (χ0n) is 29.7. The number of pyridine rings is 2. The van der Waals surface area contributed by atoms with Crippen LogP contribution >= 0.6 is 0 Å². The molecule has 3 heteroatoms. The maximum atomic E-state index is 14.7. The minimum atomic E-state index is -0.436. The molecule has 3 aliphatic carbocycles. The average molecular weight is 702 g/mol. The summed E-state index contributed by atoms with van der Waals surface area (Å²) in [5.41, 5.74) is 14.0. The summed E-state index contributed by atoms with van der Waals surface area (Å²) in [5.74, 6) is 0. The summed E-state index contributed by atoms with van der Waals surface area (Å²) in [6.07, 6.45) is 9.78. The maximum Gasteiger partial charge on any atom is 0.266 e. The molecule has 0 saturated carbocycles. The summed E-state index contributed by atoms with van der Waals surface area (Å²) in [6, 6.07) is 53.0. The first kappa shape index (κ1) is 30.4. The van der Waals surface area contributed by atoms with Crippen molar-refractivity contribution in [1.82, 2.24) is 4.40 Å². The summed E-state index contributed by atoms with van der Waals surface area (Å²) in [7, 11) is 0. The fraction of sp³-hybridized carbons (Fsp3) is 0.0385. The Morgan fingerprint density at radius 2 is 1.11 bits per heavy atom. The monoisotopic (exact) mass is 701 g/mol. The van der Waals surface area contributed by atoms with Gasteiger partial charge in [-0.05, 0) is 108 Å². The molecule has 0 saturated heterocycles. The van der Waals surface area contributed by atoms with Crippen molar-refractivity contribution in [3.05, 3.63) is 224 Å². The van der Waals surface area contributed by atoms with E-state index in [0.29, 0.717) is 16.3 Å². The molecule has 12 rings (SSSR count). The standard InChI is InChI=1S/C52H31NO2/c54-50-41-20-8-7-16-35(41)42-28-33(29-43-40-22-13-21-34(31-14-3-1-4-15-31)48(40)51(55)53(50)49(42)43)32-26-27-39-38-19-10-12-25-46(38)52(47(39)30-32)44-23-6-2-5-17-36(44)37-18-9-11-24-45(37)52/h1-22,24-30H,23H2. The minimum Gasteiger partial charge on any atom is -0.268 e. The Hall–Kier alpha value is -7.10. The van der Waals surface area contributed by atoms with Crippen LogP contribution in [0.1, 0.15) is 28.7 Å². The van der Waals surface area contributed by atoms with Crippen LogP contribution in [0.25, 0.3) is 76.8 Å². The predicted octanol–water partition coefficient (Wildman–Crippen LogP) is 11.5. The van der Waals surface area contributed by atoms with Crippen molar-refractivity contribution in [2.75, 3.05) is 0 Å². The van der Waals surface area contributed by atoms with E-state index in [0.717, 1.165) is 50.2 Å². The van der Waals surface area contributed by atoms with E-state index < -0.39 is 5.41 Å². The van der Waals surface area contributed by atoms with Crippen molar-refractivity contribution in [3.8, 4) is 33.4 Å². The third-order valence-corrected chi connectivity index (χ3v) is 12.4. The number of hydrogen-bond acceptors (Lipinski definition) is 2. The van der Waals surface area contributed by atoms with E-state index in [1.165, 1.54) is 48.9 Å². The summed E-state index contributed by atoms with van der Waals surface area (Å²) in [5, 5.41) is 4.55. The Balaban J connectivity index is 1.21. The van der Waals surface area contributed by atoms with Gasteiger partial charge in [-0.1, -0.05) is 152 Å². The molecule has 256 valence electrons. The molecule has 0 fully saturated rings. The third-order valence-electron chi connectivity index (χ3n) is 12.4. The third kappa shape index (κ3) is 3.84. The van der Waals surface area contributed by atoms with Gasteiger partial charge in [0.15, 0.2) is 0 Å². The first-order valence-corrected chi connectivity index (χ1v) is 18.9. The molecule has 7 aromatic carbocycles. The molecule has 0 bridgehead atoms. The van der Waals surface area contributed by atoms with Gasteiger partial charge >= 0.3 is 0 Å². The van der Waals surface area contributed by atoms with Crippen LogP contribution < -0.4 is 11.1 Å². The number of aromatic nitrogens is 1. The van der Waals surface area contributed by atoms with Crippen molar-refractivity contribution in [1.29, 1.82) is 0 Å². The van der Waals surface area contributed by atoms with E-state index in [1.54, 1.807) is 0 Å². The molecule has 0 amide bonds. The molecule has 1 spiro atoms. The minimum absolute atomic E-state index is 0.289. The molecule has 2 aromatic heterocycles. The quantitative estimate of drug-likeness (QED) is 0.133. The van der Waals surface area contributed by atoms with Gasteiger partial charge in [0.2, 0.25) is 0 Å². The molecular formula is C52H31NO2. The van der Waals surface area contributed by atoms with Crippen LogP contribution in [0.3, 0.4) is 0 Å². The Bertz CT molecular complexity index is 3380. The van der Waals surface area contributed by atoms with Gasteiger partial charge in [-0.2, -0.15) is 0 Å². The van der Waals surface area contributed by atoms with Crippen molar-refractivity contribution in [3.63, 3.8) is 0 Å². The molecule has 2 heterocycles. The molecule has 3 aliphatic rings. The zero-order chi connectivity index (χ0) is 36.4. The van der Waals surface area contributed by atoms with Gasteiger partial charge in [-0.15, -0.1) is 0 Å². The molecule has 3 nitrogen and oxygen atoms in total. The fourth-order valence-corrected chi connectivity index (χ4v) is 10.3. The van der Waals surface area contributed by atoms with Gasteiger partial charge in [0.25, 0.3) is 11.1 Å². The molecule has 9 aromatic rings. The lowest BCUT2D eigenvalue weighted by Gasteiger charge is -2.32. The highest BCUT2D eigenvalue weighted by molar-refractivity contribution is 6.21. The number of allylic oxidation sites excluding steroid dienone is 6. The van der Waals surface area contributed by atoms with E-state index in [-0.39, 0.29) is 11.1 Å². The lowest BCUT2D eigenvalue weighted by molar-refractivity contribution is 0.747. The van der Waals surface area contributed by atoms with E-state index in [1.807, 2.05) is 72.8 Å². The first-order valence-electron chi connectivity index (χ1n) is 18.9. The average Bonchev–Trinajstić information content (AvgIpc) is 3.54. The van der Waals surface area contributed by atoms with Gasteiger partial charge in [-0.3, -0.25) is 9.59 Å². The molecule has 0 radical (unpaired) electrons. The highest BCUT2D eigenvalue weighted by atomic mass is 16.2. The van der Waals surface area contributed by atoms with Crippen molar-refractivity contribution in [2.45, 2.75) is 11.8 Å². The largest absolute Gasteiger partial charge is 0.268 e. The van der Waals surface area contributed by atoms with E-state index in [2.05, 4.69) is 103 Å². The second-order valence-electron chi connectivity index (χ2n) is 15.0. The van der Waals surface area contributed by atoms with Gasteiger partial charge in [-0.25, -0.2) is 4.40 Å². The second kappa shape index (κ2) is 11.0. The van der Waals surface area contributed by atoms with E-state index >= 15 is 0 Å². The highest BCUT2D eigenvalue weighted by Crippen LogP contribution is 2.63. The second-order valence-corrected chi connectivity index (χ2v) is 15.0. The van der Waals surface area contributed by atoms with Crippen molar-refractivity contribution >= 4 is 43.4 Å². The number of hydrogen-bond donors (Lipinski definition) is 0. The lowest BCUT2D eigenvalue weighted by atomic mass is 9.68. The van der Waals surface area contributed by atoms with Crippen LogP contribution in [0.5, 0.6) is 0 Å². The normalized spacial score (nSPS) is 16.7. The van der Waals surface area contributed by atoms with Crippen LogP contribution in [0, 0.1) is 0 Å². The maximum absolute atomic E-state index is 14.7. The Kier molecular flexibility index (Phi) is 6.06. The van der Waals surface area contributed by atoms with Crippen LogP contribution in [-0.4, -0.2) is 4.40 Å². The summed E-state index contributed by atoms with van der Waals surface area (Å²) < 4.78 is 1.43. The molecule has 1 atom stereocenters. The Morgan fingerprint density at radius 1 is 0.455 bits per heavy atom. The number of fused-ring (bicyclic) bond motifs is 13. The van der Waals surface area contributed by atoms with Crippen LogP contribution in [-0.2, 0) is 5.41 Å². The summed E-state index contributed by atoms with van der Waals surface area (Å²) in [4.78, 5) is 29.0. The number of benzene rings is 7. The van der Waals surface area contributed by atoms with Crippen molar-refractivity contribution < 1.29 is 0 Å². The molecule has 0 N–H and O–H groups in total. The Labute approximate surface area is 316 Å². The number of nitrogens with zero attached hydrogens (tertiary/aromatic N) is 1. The zero-order valence-corrected chi connectivity index (χ0v) is 29.7. The van der Waals surface area contributed by atoms with Gasteiger partial charge in [0.1, 0.15) is 0 Å². The highest BCUT2D eigenvalue weighted by Gasteiger charge is 2.52. The van der Waals surface area contributed by atoms with Crippen LogP contribution in [0.2, 0.25) is 0 Å². The van der Waals surface area contributed by atoms with E-state index in [9.17, 15) is 9.59 Å². The van der Waals surface area contributed by atoms with Gasteiger partial charge in [0.05, 0.1) is 16.3 Å². The SMILES string of the molecule is O=c1c2ccccc2c2cc(-c3ccc4c(c3)C3(C5=C(C=CC=CC5)c5ccccc53)c3ccccc3-4)cc3c4cccc(-c5ccccc5)c4c(=O)n1c23. The summed E-state index contributed by atoms with van der Waals surface area (Å²) in [6.45, 7) is 0. The summed E-state index contributed by atoms with van der Waals surface area (Å²) >= 11 is 0. The molecule has 55 heavy (non-hydrogen) atoms. The number of rotatable bonds is 2.